The van der Waals surface area contributed by atoms with Crippen LogP contribution in [-0.2, 0) is 0 Å². The molecule has 0 unspecified atom stereocenters. The first-order valence-corrected chi connectivity index (χ1v) is 5.01. The van der Waals surface area contributed by atoms with E-state index in [0.717, 1.165) is 17.9 Å². The molecule has 1 aromatic heterocycles. The van der Waals surface area contributed by atoms with Crippen molar-refractivity contribution in [3.63, 3.8) is 0 Å². The molecule has 1 fully saturated rings. The second-order valence-electron chi connectivity index (χ2n) is 3.67. The van der Waals surface area contributed by atoms with Gasteiger partial charge in [-0.2, -0.15) is 0 Å². The zero-order valence-electron chi connectivity index (χ0n) is 7.41. The van der Waals surface area contributed by atoms with Crippen LogP contribution in [0.25, 0.3) is 0 Å². The van der Waals surface area contributed by atoms with Crippen molar-refractivity contribution in [2.24, 2.45) is 11.7 Å². The predicted molar refractivity (Wildman–Crippen MR) is 53.5 cm³/mol. The Morgan fingerprint density at radius 3 is 3.00 bits per heavy atom. The van der Waals surface area contributed by atoms with E-state index in [0.29, 0.717) is 5.15 Å². The first-order chi connectivity index (χ1) is 6.27. The molecule has 0 amide bonds. The van der Waals surface area contributed by atoms with Gasteiger partial charge in [-0.3, -0.25) is 0 Å². The average molecular weight is 197 g/mol. The summed E-state index contributed by atoms with van der Waals surface area (Å²) in [6.07, 6.45) is 5.39. The molecule has 0 saturated heterocycles. The molecule has 2 N–H and O–H groups in total. The number of rotatable bonds is 3. The molecule has 1 atom stereocenters. The summed E-state index contributed by atoms with van der Waals surface area (Å²) >= 11 is 5.93. The molecule has 0 bridgehead atoms. The van der Waals surface area contributed by atoms with Crippen LogP contribution in [0.3, 0.4) is 0 Å². The van der Waals surface area contributed by atoms with Crippen molar-refractivity contribution in [1.29, 1.82) is 0 Å². The molecule has 0 spiro atoms. The summed E-state index contributed by atoms with van der Waals surface area (Å²) in [5.74, 6) is 0.825. The Morgan fingerprint density at radius 2 is 2.38 bits per heavy atom. The fourth-order valence-electron chi connectivity index (χ4n) is 1.51. The van der Waals surface area contributed by atoms with Gasteiger partial charge in [0.05, 0.1) is 0 Å². The summed E-state index contributed by atoms with van der Waals surface area (Å²) in [6, 6.07) is 3.91. The molecule has 70 valence electrons. The van der Waals surface area contributed by atoms with Gasteiger partial charge >= 0.3 is 0 Å². The minimum atomic E-state index is 0.0636. The summed E-state index contributed by atoms with van der Waals surface area (Å²) in [7, 11) is 0. The van der Waals surface area contributed by atoms with Crippen LogP contribution in [0.2, 0.25) is 5.15 Å². The van der Waals surface area contributed by atoms with Gasteiger partial charge in [0.1, 0.15) is 5.15 Å². The SMILES string of the molecule is N[C@H](CC1CC1)c1cccnc1Cl. The number of hydrogen-bond donors (Lipinski definition) is 1. The maximum absolute atomic E-state index is 6.01. The highest BCUT2D eigenvalue weighted by atomic mass is 35.5. The van der Waals surface area contributed by atoms with Crippen molar-refractivity contribution in [3.05, 3.63) is 29.0 Å². The maximum Gasteiger partial charge on any atom is 0.133 e. The highest BCUT2D eigenvalue weighted by molar-refractivity contribution is 6.30. The molecule has 3 heteroatoms. The van der Waals surface area contributed by atoms with Crippen molar-refractivity contribution < 1.29 is 0 Å². The molecule has 2 rings (SSSR count). The fraction of sp³-hybridized carbons (Fsp3) is 0.500. The zero-order valence-corrected chi connectivity index (χ0v) is 8.17. The van der Waals surface area contributed by atoms with Crippen molar-refractivity contribution in [1.82, 2.24) is 4.98 Å². The molecule has 1 aliphatic rings. The third kappa shape index (κ3) is 2.20. The summed E-state index contributed by atoms with van der Waals surface area (Å²) in [4.78, 5) is 4.01. The summed E-state index contributed by atoms with van der Waals surface area (Å²) in [5.41, 5.74) is 6.99. The lowest BCUT2D eigenvalue weighted by molar-refractivity contribution is 0.595. The average Bonchev–Trinajstić information content (AvgIpc) is 2.89. The number of nitrogens with zero attached hydrogens (tertiary/aromatic N) is 1. The molecular formula is C10H13ClN2. The van der Waals surface area contributed by atoms with Gasteiger partial charge in [-0.15, -0.1) is 0 Å². The van der Waals surface area contributed by atoms with E-state index < -0.39 is 0 Å². The highest BCUT2D eigenvalue weighted by Gasteiger charge is 2.25. The van der Waals surface area contributed by atoms with E-state index in [1.54, 1.807) is 6.20 Å². The minimum Gasteiger partial charge on any atom is -0.324 e. The Morgan fingerprint density at radius 1 is 1.62 bits per heavy atom. The quantitative estimate of drug-likeness (QED) is 0.755. The molecule has 1 aliphatic carbocycles. The molecular weight excluding hydrogens is 184 g/mol. The number of aromatic nitrogens is 1. The number of nitrogens with two attached hydrogens (primary N) is 1. The van der Waals surface area contributed by atoms with Gasteiger partial charge in [-0.05, 0) is 18.4 Å². The largest absolute Gasteiger partial charge is 0.324 e. The molecule has 1 saturated carbocycles. The van der Waals surface area contributed by atoms with Crippen LogP contribution in [-0.4, -0.2) is 4.98 Å². The number of pyridine rings is 1. The van der Waals surface area contributed by atoms with Gasteiger partial charge in [0.15, 0.2) is 0 Å². The van der Waals surface area contributed by atoms with Gasteiger partial charge in [-0.1, -0.05) is 30.5 Å². The fourth-order valence-corrected chi connectivity index (χ4v) is 1.77. The molecule has 13 heavy (non-hydrogen) atoms. The lowest BCUT2D eigenvalue weighted by Gasteiger charge is -2.11. The lowest BCUT2D eigenvalue weighted by atomic mass is 10.0. The Hall–Kier alpha value is -0.600. The van der Waals surface area contributed by atoms with Crippen LogP contribution in [0.15, 0.2) is 18.3 Å². The highest BCUT2D eigenvalue weighted by Crippen LogP contribution is 2.37. The van der Waals surface area contributed by atoms with Crippen molar-refractivity contribution >= 4 is 11.6 Å². The first-order valence-electron chi connectivity index (χ1n) is 4.63. The monoisotopic (exact) mass is 196 g/mol. The molecule has 0 aromatic carbocycles. The standard InChI is InChI=1S/C10H13ClN2/c11-10-8(2-1-5-13-10)9(12)6-7-3-4-7/h1-2,5,7,9H,3-4,6,12H2/t9-/m1/s1. The van der Waals surface area contributed by atoms with E-state index in [9.17, 15) is 0 Å². The van der Waals surface area contributed by atoms with Gasteiger partial charge in [0.25, 0.3) is 0 Å². The normalized spacial score (nSPS) is 18.6. The summed E-state index contributed by atoms with van der Waals surface area (Å²) in [5, 5.41) is 0.552. The second-order valence-corrected chi connectivity index (χ2v) is 4.03. The van der Waals surface area contributed by atoms with E-state index in [1.807, 2.05) is 12.1 Å². The Balaban J connectivity index is 2.09. The number of halogens is 1. The Bertz CT molecular complexity index is 297. The van der Waals surface area contributed by atoms with E-state index in [4.69, 9.17) is 17.3 Å². The minimum absolute atomic E-state index is 0.0636. The van der Waals surface area contributed by atoms with E-state index in [2.05, 4.69) is 4.98 Å². The van der Waals surface area contributed by atoms with Crippen molar-refractivity contribution in [2.45, 2.75) is 25.3 Å². The lowest BCUT2D eigenvalue weighted by Crippen LogP contribution is -2.11. The van der Waals surface area contributed by atoms with Crippen LogP contribution in [0.1, 0.15) is 30.9 Å². The van der Waals surface area contributed by atoms with Gasteiger partial charge in [0.2, 0.25) is 0 Å². The molecule has 1 heterocycles. The smallest absolute Gasteiger partial charge is 0.133 e. The van der Waals surface area contributed by atoms with Gasteiger partial charge < -0.3 is 5.73 Å². The maximum atomic E-state index is 6.01. The summed E-state index contributed by atoms with van der Waals surface area (Å²) in [6.45, 7) is 0. The van der Waals surface area contributed by atoms with E-state index >= 15 is 0 Å². The van der Waals surface area contributed by atoms with Crippen LogP contribution in [0.4, 0.5) is 0 Å². The zero-order chi connectivity index (χ0) is 9.26. The van der Waals surface area contributed by atoms with Crippen LogP contribution < -0.4 is 5.73 Å². The van der Waals surface area contributed by atoms with Crippen LogP contribution >= 0.6 is 11.6 Å². The molecule has 2 nitrogen and oxygen atoms in total. The van der Waals surface area contributed by atoms with Crippen LogP contribution in [0.5, 0.6) is 0 Å². The number of hydrogen-bond acceptors (Lipinski definition) is 2. The van der Waals surface area contributed by atoms with Crippen LogP contribution in [0, 0.1) is 5.92 Å². The van der Waals surface area contributed by atoms with E-state index in [1.165, 1.54) is 12.8 Å². The van der Waals surface area contributed by atoms with Gasteiger partial charge in [0, 0.05) is 17.8 Å². The summed E-state index contributed by atoms with van der Waals surface area (Å²) < 4.78 is 0. The van der Waals surface area contributed by atoms with Crippen molar-refractivity contribution in [3.8, 4) is 0 Å². The third-order valence-corrected chi connectivity index (χ3v) is 2.79. The Kier molecular flexibility index (Phi) is 2.51. The predicted octanol–water partition coefficient (Wildman–Crippen LogP) is 2.53. The first kappa shape index (κ1) is 8.97. The van der Waals surface area contributed by atoms with Crippen molar-refractivity contribution in [2.75, 3.05) is 0 Å². The molecule has 0 aliphatic heterocycles. The van der Waals surface area contributed by atoms with Gasteiger partial charge in [-0.25, -0.2) is 4.98 Å². The van der Waals surface area contributed by atoms with E-state index in [-0.39, 0.29) is 6.04 Å². The third-order valence-electron chi connectivity index (χ3n) is 2.47. The molecule has 0 radical (unpaired) electrons. The Labute approximate surface area is 83.1 Å². The molecule has 1 aromatic rings. The topological polar surface area (TPSA) is 38.9 Å². The second kappa shape index (κ2) is 3.64.